The zero-order valence-corrected chi connectivity index (χ0v) is 24.1. The van der Waals surface area contributed by atoms with Crippen molar-refractivity contribution in [2.24, 2.45) is 0 Å². The number of nitrogens with zero attached hydrogens (tertiary/aromatic N) is 3. The van der Waals surface area contributed by atoms with Crippen molar-refractivity contribution >= 4 is 11.0 Å². The number of aromatic nitrogens is 3. The van der Waals surface area contributed by atoms with Gasteiger partial charge in [0.05, 0.1) is 22.3 Å². The summed E-state index contributed by atoms with van der Waals surface area (Å²) >= 11 is 0. The van der Waals surface area contributed by atoms with E-state index in [1.165, 1.54) is 11.1 Å². The Morgan fingerprint density at radius 1 is 0.605 bits per heavy atom. The molecule has 208 valence electrons. The molecular weight excluding hydrogens is 526 g/mol. The minimum absolute atomic E-state index is 0.146. The average molecular weight is 558 g/mol. The molecule has 0 saturated heterocycles. The Kier molecular flexibility index (Phi) is 6.59. The lowest BCUT2D eigenvalue weighted by atomic mass is 9.79. The topological polar surface area (TPSA) is 50.9 Å². The molecule has 0 amide bonds. The van der Waals surface area contributed by atoms with Crippen LogP contribution in [0.4, 0.5) is 0 Å². The van der Waals surface area contributed by atoms with Crippen molar-refractivity contribution in [1.29, 1.82) is 0 Å². The third-order valence-corrected chi connectivity index (χ3v) is 8.29. The molecule has 0 aliphatic carbocycles. The summed E-state index contributed by atoms with van der Waals surface area (Å²) in [5.74, 6) is 0.893. The molecule has 7 rings (SSSR count). The van der Waals surface area contributed by atoms with E-state index in [9.17, 15) is 5.11 Å². The van der Waals surface area contributed by atoms with E-state index in [-0.39, 0.29) is 11.2 Å². The molecule has 2 heterocycles. The summed E-state index contributed by atoms with van der Waals surface area (Å²) in [5.41, 5.74) is 9.84. The Balaban J connectivity index is 1.32. The molecule has 0 aliphatic rings. The number of phenolic OH excluding ortho intramolecular Hbond substituents is 1. The van der Waals surface area contributed by atoms with E-state index >= 15 is 0 Å². The van der Waals surface area contributed by atoms with Crippen LogP contribution in [0.15, 0.2) is 146 Å². The second-order valence-electron chi connectivity index (χ2n) is 11.3. The number of imidazole rings is 1. The van der Waals surface area contributed by atoms with E-state index < -0.39 is 0 Å². The first kappa shape index (κ1) is 26.4. The first-order valence-electron chi connectivity index (χ1n) is 14.5. The van der Waals surface area contributed by atoms with Crippen molar-refractivity contribution in [1.82, 2.24) is 14.5 Å². The van der Waals surface area contributed by atoms with Gasteiger partial charge in [-0.05, 0) is 59.2 Å². The third-order valence-electron chi connectivity index (χ3n) is 8.29. The number of hydrogen-bond donors (Lipinski definition) is 1. The fourth-order valence-corrected chi connectivity index (χ4v) is 5.82. The number of fused-ring (bicyclic) bond motifs is 1. The summed E-state index contributed by atoms with van der Waals surface area (Å²) in [6.07, 6.45) is 2.00. The first-order valence-corrected chi connectivity index (χ1v) is 14.5. The first-order chi connectivity index (χ1) is 21.0. The van der Waals surface area contributed by atoms with Gasteiger partial charge in [-0.1, -0.05) is 111 Å². The number of rotatable bonds is 6. The van der Waals surface area contributed by atoms with Crippen LogP contribution in [0.1, 0.15) is 25.0 Å². The zero-order chi connectivity index (χ0) is 29.4. The number of benzene rings is 5. The highest BCUT2D eigenvalue weighted by molar-refractivity contribution is 5.96. The molecule has 4 nitrogen and oxygen atoms in total. The predicted molar refractivity (Wildman–Crippen MR) is 175 cm³/mol. The molecule has 0 radical (unpaired) electrons. The van der Waals surface area contributed by atoms with Crippen LogP contribution in [-0.4, -0.2) is 19.6 Å². The van der Waals surface area contributed by atoms with Crippen molar-refractivity contribution < 1.29 is 5.11 Å². The van der Waals surface area contributed by atoms with E-state index in [1.807, 2.05) is 48.7 Å². The van der Waals surface area contributed by atoms with Crippen LogP contribution in [0.25, 0.3) is 50.5 Å². The Hall–Kier alpha value is -5.48. The van der Waals surface area contributed by atoms with Crippen molar-refractivity contribution in [2.75, 3.05) is 0 Å². The van der Waals surface area contributed by atoms with Crippen LogP contribution in [0, 0.1) is 0 Å². The zero-order valence-electron chi connectivity index (χ0n) is 24.1. The van der Waals surface area contributed by atoms with Gasteiger partial charge in [0.1, 0.15) is 11.6 Å². The van der Waals surface area contributed by atoms with Crippen molar-refractivity contribution in [3.63, 3.8) is 0 Å². The Morgan fingerprint density at radius 2 is 1.28 bits per heavy atom. The maximum Gasteiger partial charge on any atom is 0.149 e. The molecule has 0 spiro atoms. The van der Waals surface area contributed by atoms with Gasteiger partial charge in [-0.25, -0.2) is 4.98 Å². The van der Waals surface area contributed by atoms with E-state index in [4.69, 9.17) is 9.97 Å². The number of para-hydroxylation sites is 3. The van der Waals surface area contributed by atoms with E-state index in [2.05, 4.69) is 109 Å². The molecular formula is C39H31N3O. The quantitative estimate of drug-likeness (QED) is 0.222. The SMILES string of the molecule is CC(C)(c1ccccc1)c1ccc(-c2cccc(-c3cccc4c3nc(-c3ccccc3O)n4-c3ccccc3)c2)nc1. The van der Waals surface area contributed by atoms with Gasteiger partial charge in [-0.2, -0.15) is 0 Å². The number of phenols is 1. The van der Waals surface area contributed by atoms with Gasteiger partial charge < -0.3 is 5.11 Å². The van der Waals surface area contributed by atoms with Gasteiger partial charge in [0.15, 0.2) is 0 Å². The maximum absolute atomic E-state index is 10.8. The van der Waals surface area contributed by atoms with Gasteiger partial charge in [0, 0.05) is 28.4 Å². The van der Waals surface area contributed by atoms with Crippen LogP contribution in [0.2, 0.25) is 0 Å². The lowest BCUT2D eigenvalue weighted by molar-refractivity contribution is 0.477. The largest absolute Gasteiger partial charge is 0.507 e. The van der Waals surface area contributed by atoms with Crippen molar-refractivity contribution in [2.45, 2.75) is 19.3 Å². The minimum atomic E-state index is -0.146. The Morgan fingerprint density at radius 3 is 2.02 bits per heavy atom. The van der Waals surface area contributed by atoms with Gasteiger partial charge in [-0.3, -0.25) is 9.55 Å². The summed E-state index contributed by atoms with van der Waals surface area (Å²) in [6, 6.07) is 47.1. The summed E-state index contributed by atoms with van der Waals surface area (Å²) in [5, 5.41) is 10.8. The van der Waals surface area contributed by atoms with E-state index in [1.54, 1.807) is 6.07 Å². The molecule has 2 aromatic heterocycles. The highest BCUT2D eigenvalue weighted by Gasteiger charge is 2.23. The standard InChI is InChI=1S/C39H31N3O/c1-39(2,29-15-5-3-6-16-29)30-23-24-34(40-26-30)28-14-11-13-27(25-28)32-20-12-21-35-37(32)41-38(33-19-9-10-22-36(33)43)42(35)31-17-7-4-8-18-31/h3-26,43H,1-2H3. The van der Waals surface area contributed by atoms with Gasteiger partial charge in [0.25, 0.3) is 0 Å². The highest BCUT2D eigenvalue weighted by atomic mass is 16.3. The smallest absolute Gasteiger partial charge is 0.149 e. The fourth-order valence-electron chi connectivity index (χ4n) is 5.82. The second kappa shape index (κ2) is 10.7. The highest BCUT2D eigenvalue weighted by Crippen LogP contribution is 2.38. The normalized spacial score (nSPS) is 11.6. The van der Waals surface area contributed by atoms with Crippen LogP contribution in [0.3, 0.4) is 0 Å². The van der Waals surface area contributed by atoms with E-state index in [0.717, 1.165) is 39.1 Å². The molecule has 0 bridgehead atoms. The van der Waals surface area contributed by atoms with E-state index in [0.29, 0.717) is 11.4 Å². The molecule has 0 saturated carbocycles. The number of pyridine rings is 1. The Labute approximate surface area is 251 Å². The van der Waals surface area contributed by atoms with Gasteiger partial charge in [-0.15, -0.1) is 0 Å². The third kappa shape index (κ3) is 4.77. The molecule has 5 aromatic carbocycles. The summed E-state index contributed by atoms with van der Waals surface area (Å²) < 4.78 is 2.12. The average Bonchev–Trinajstić information content (AvgIpc) is 3.45. The monoisotopic (exact) mass is 557 g/mol. The molecule has 4 heteroatoms. The summed E-state index contributed by atoms with van der Waals surface area (Å²) in [7, 11) is 0. The van der Waals surface area contributed by atoms with Crippen molar-refractivity contribution in [3.05, 3.63) is 157 Å². The number of aromatic hydroxyl groups is 1. The van der Waals surface area contributed by atoms with Crippen LogP contribution in [0.5, 0.6) is 5.75 Å². The lowest BCUT2D eigenvalue weighted by Crippen LogP contribution is -2.18. The van der Waals surface area contributed by atoms with Crippen LogP contribution >= 0.6 is 0 Å². The van der Waals surface area contributed by atoms with Gasteiger partial charge >= 0.3 is 0 Å². The number of hydrogen-bond acceptors (Lipinski definition) is 3. The summed E-state index contributed by atoms with van der Waals surface area (Å²) in [6.45, 7) is 4.47. The molecule has 43 heavy (non-hydrogen) atoms. The molecule has 0 aliphatic heterocycles. The van der Waals surface area contributed by atoms with Crippen LogP contribution in [-0.2, 0) is 5.41 Å². The maximum atomic E-state index is 10.8. The predicted octanol–water partition coefficient (Wildman–Crippen LogP) is 9.45. The molecule has 7 aromatic rings. The molecule has 0 atom stereocenters. The summed E-state index contributed by atoms with van der Waals surface area (Å²) in [4.78, 5) is 10.1. The van der Waals surface area contributed by atoms with Crippen molar-refractivity contribution in [3.8, 4) is 45.2 Å². The second-order valence-corrected chi connectivity index (χ2v) is 11.3. The minimum Gasteiger partial charge on any atom is -0.507 e. The lowest BCUT2D eigenvalue weighted by Gasteiger charge is -2.25. The van der Waals surface area contributed by atoms with Crippen LogP contribution < -0.4 is 0 Å². The Bertz CT molecular complexity index is 2040. The molecule has 0 unspecified atom stereocenters. The fraction of sp³-hybridized carbons (Fsp3) is 0.0769. The van der Waals surface area contributed by atoms with Gasteiger partial charge in [0.2, 0.25) is 0 Å². The molecule has 0 fully saturated rings. The molecule has 1 N–H and O–H groups in total.